The number of aliphatic hydroxyl groups is 1. The molecule has 0 aliphatic heterocycles. The molecule has 3 heteroatoms. The second kappa shape index (κ2) is 4.23. The molecule has 3 N–H and O–H groups in total. The molecule has 0 radical (unpaired) electrons. The molecular formula is C10H16N2O. The van der Waals surface area contributed by atoms with Gasteiger partial charge in [0.05, 0.1) is 6.10 Å². The molecule has 0 amide bonds. The lowest BCUT2D eigenvalue weighted by Crippen LogP contribution is -2.08. The first-order chi connectivity index (χ1) is 6.11. The van der Waals surface area contributed by atoms with Crippen LogP contribution in [0.4, 0.5) is 5.82 Å². The van der Waals surface area contributed by atoms with Gasteiger partial charge in [0.1, 0.15) is 5.82 Å². The molecule has 0 aliphatic rings. The van der Waals surface area contributed by atoms with Crippen molar-refractivity contribution in [2.45, 2.75) is 32.3 Å². The maximum Gasteiger partial charge on any atom is 0.126 e. The van der Waals surface area contributed by atoms with Gasteiger partial charge in [0.25, 0.3) is 0 Å². The molecule has 13 heavy (non-hydrogen) atoms. The van der Waals surface area contributed by atoms with Crippen LogP contribution in [0.1, 0.15) is 31.7 Å². The van der Waals surface area contributed by atoms with E-state index in [2.05, 4.69) is 4.98 Å². The number of nitrogen functional groups attached to an aromatic ring is 1. The van der Waals surface area contributed by atoms with Crippen LogP contribution in [-0.4, -0.2) is 16.2 Å². The number of anilines is 1. The highest BCUT2D eigenvalue weighted by Gasteiger charge is 2.11. The van der Waals surface area contributed by atoms with Crippen molar-refractivity contribution in [3.63, 3.8) is 0 Å². The van der Waals surface area contributed by atoms with Gasteiger partial charge >= 0.3 is 0 Å². The van der Waals surface area contributed by atoms with Gasteiger partial charge in [0, 0.05) is 6.20 Å². The van der Waals surface area contributed by atoms with Crippen LogP contribution in [0.3, 0.4) is 0 Å². The smallest absolute Gasteiger partial charge is 0.126 e. The lowest BCUT2D eigenvalue weighted by atomic mass is 9.96. The third kappa shape index (κ3) is 2.70. The number of hydrogen-bond donors (Lipinski definition) is 2. The highest BCUT2D eigenvalue weighted by molar-refractivity contribution is 5.40. The minimum absolute atomic E-state index is 0.258. The highest BCUT2D eigenvalue weighted by atomic mass is 16.3. The Morgan fingerprint density at radius 1 is 1.54 bits per heavy atom. The molecule has 0 aliphatic carbocycles. The summed E-state index contributed by atoms with van der Waals surface area (Å²) in [4.78, 5) is 4.00. The molecule has 0 aromatic carbocycles. The SMILES string of the molecule is CC(O)CC(C)c1cccnc1N. The molecule has 0 spiro atoms. The summed E-state index contributed by atoms with van der Waals surface area (Å²) in [6.07, 6.45) is 2.10. The normalized spacial score (nSPS) is 15.3. The zero-order valence-electron chi connectivity index (χ0n) is 8.07. The fraction of sp³-hybridized carbons (Fsp3) is 0.500. The first-order valence-corrected chi connectivity index (χ1v) is 4.49. The number of nitrogens with zero attached hydrogens (tertiary/aromatic N) is 1. The monoisotopic (exact) mass is 180 g/mol. The van der Waals surface area contributed by atoms with E-state index in [0.717, 1.165) is 12.0 Å². The summed E-state index contributed by atoms with van der Waals surface area (Å²) in [6.45, 7) is 3.82. The lowest BCUT2D eigenvalue weighted by Gasteiger charge is -2.14. The molecule has 1 heterocycles. The fourth-order valence-corrected chi connectivity index (χ4v) is 1.49. The van der Waals surface area contributed by atoms with Gasteiger partial charge in [-0.05, 0) is 30.9 Å². The second-order valence-corrected chi connectivity index (χ2v) is 3.46. The summed E-state index contributed by atoms with van der Waals surface area (Å²) < 4.78 is 0. The summed E-state index contributed by atoms with van der Waals surface area (Å²) in [5, 5.41) is 9.21. The first-order valence-electron chi connectivity index (χ1n) is 4.49. The van der Waals surface area contributed by atoms with E-state index >= 15 is 0 Å². The summed E-state index contributed by atoms with van der Waals surface area (Å²) in [7, 11) is 0. The standard InChI is InChI=1S/C10H16N2O/c1-7(6-8(2)13)9-4-3-5-12-10(9)11/h3-5,7-8,13H,6H2,1-2H3,(H2,11,12). The van der Waals surface area contributed by atoms with Crippen molar-refractivity contribution in [3.8, 4) is 0 Å². The largest absolute Gasteiger partial charge is 0.393 e. The average Bonchev–Trinajstić information content (AvgIpc) is 2.03. The van der Waals surface area contributed by atoms with E-state index in [1.54, 1.807) is 13.1 Å². The highest BCUT2D eigenvalue weighted by Crippen LogP contribution is 2.23. The Morgan fingerprint density at radius 2 is 2.23 bits per heavy atom. The summed E-state index contributed by atoms with van der Waals surface area (Å²) >= 11 is 0. The Labute approximate surface area is 78.6 Å². The van der Waals surface area contributed by atoms with Gasteiger partial charge < -0.3 is 10.8 Å². The van der Waals surface area contributed by atoms with E-state index in [1.807, 2.05) is 19.1 Å². The van der Waals surface area contributed by atoms with E-state index in [4.69, 9.17) is 5.73 Å². The Bertz CT molecular complexity index is 273. The van der Waals surface area contributed by atoms with Gasteiger partial charge in [0.15, 0.2) is 0 Å². The van der Waals surface area contributed by atoms with Crippen LogP contribution < -0.4 is 5.73 Å². The van der Waals surface area contributed by atoms with Crippen LogP contribution in [0.2, 0.25) is 0 Å². The Balaban J connectivity index is 2.76. The zero-order valence-corrected chi connectivity index (χ0v) is 8.07. The Morgan fingerprint density at radius 3 is 2.77 bits per heavy atom. The topological polar surface area (TPSA) is 59.1 Å². The Kier molecular flexibility index (Phi) is 3.25. The molecule has 3 nitrogen and oxygen atoms in total. The average molecular weight is 180 g/mol. The number of hydrogen-bond acceptors (Lipinski definition) is 3. The quantitative estimate of drug-likeness (QED) is 0.741. The van der Waals surface area contributed by atoms with Gasteiger partial charge in [-0.25, -0.2) is 4.98 Å². The van der Waals surface area contributed by atoms with Crippen molar-refractivity contribution in [2.24, 2.45) is 0 Å². The zero-order chi connectivity index (χ0) is 9.84. The van der Waals surface area contributed by atoms with Crippen LogP contribution in [0.5, 0.6) is 0 Å². The van der Waals surface area contributed by atoms with Crippen molar-refractivity contribution in [1.82, 2.24) is 4.98 Å². The van der Waals surface area contributed by atoms with Crippen LogP contribution >= 0.6 is 0 Å². The first kappa shape index (κ1) is 9.99. The number of aliphatic hydroxyl groups excluding tert-OH is 1. The van der Waals surface area contributed by atoms with E-state index in [0.29, 0.717) is 5.82 Å². The minimum Gasteiger partial charge on any atom is -0.393 e. The van der Waals surface area contributed by atoms with Crippen LogP contribution in [0, 0.1) is 0 Å². The number of aromatic nitrogens is 1. The number of rotatable bonds is 3. The molecule has 0 saturated carbocycles. The van der Waals surface area contributed by atoms with Gasteiger partial charge in [0.2, 0.25) is 0 Å². The number of nitrogens with two attached hydrogens (primary N) is 1. The van der Waals surface area contributed by atoms with Crippen molar-refractivity contribution in [2.75, 3.05) is 5.73 Å². The van der Waals surface area contributed by atoms with Crippen molar-refractivity contribution in [3.05, 3.63) is 23.9 Å². The summed E-state index contributed by atoms with van der Waals surface area (Å²) in [6, 6.07) is 3.82. The summed E-state index contributed by atoms with van der Waals surface area (Å²) in [5.74, 6) is 0.823. The molecule has 2 unspecified atom stereocenters. The molecule has 0 fully saturated rings. The third-order valence-corrected chi connectivity index (χ3v) is 2.10. The lowest BCUT2D eigenvalue weighted by molar-refractivity contribution is 0.176. The van der Waals surface area contributed by atoms with Gasteiger partial charge in [-0.15, -0.1) is 0 Å². The van der Waals surface area contributed by atoms with Gasteiger partial charge in [-0.3, -0.25) is 0 Å². The molecule has 1 rings (SSSR count). The maximum absolute atomic E-state index is 9.21. The molecule has 0 saturated heterocycles. The minimum atomic E-state index is -0.297. The van der Waals surface area contributed by atoms with E-state index in [9.17, 15) is 5.11 Å². The van der Waals surface area contributed by atoms with Crippen LogP contribution in [0.25, 0.3) is 0 Å². The molecule has 72 valence electrons. The van der Waals surface area contributed by atoms with Crippen molar-refractivity contribution in [1.29, 1.82) is 0 Å². The van der Waals surface area contributed by atoms with E-state index in [-0.39, 0.29) is 12.0 Å². The van der Waals surface area contributed by atoms with Crippen LogP contribution in [0.15, 0.2) is 18.3 Å². The predicted molar refractivity (Wildman–Crippen MR) is 53.4 cm³/mol. The summed E-state index contributed by atoms with van der Waals surface area (Å²) in [5.41, 5.74) is 6.72. The van der Waals surface area contributed by atoms with E-state index in [1.165, 1.54) is 0 Å². The maximum atomic E-state index is 9.21. The van der Waals surface area contributed by atoms with E-state index < -0.39 is 0 Å². The number of pyridine rings is 1. The molecule has 1 aromatic rings. The third-order valence-electron chi connectivity index (χ3n) is 2.10. The Hall–Kier alpha value is -1.09. The fourth-order valence-electron chi connectivity index (χ4n) is 1.49. The van der Waals surface area contributed by atoms with Gasteiger partial charge in [-0.2, -0.15) is 0 Å². The van der Waals surface area contributed by atoms with Gasteiger partial charge in [-0.1, -0.05) is 13.0 Å². The predicted octanol–water partition coefficient (Wildman–Crippen LogP) is 1.54. The van der Waals surface area contributed by atoms with Crippen LogP contribution in [-0.2, 0) is 0 Å². The molecule has 0 bridgehead atoms. The molecular weight excluding hydrogens is 164 g/mol. The molecule has 2 atom stereocenters. The van der Waals surface area contributed by atoms with Crippen molar-refractivity contribution >= 4 is 5.82 Å². The van der Waals surface area contributed by atoms with Crippen molar-refractivity contribution < 1.29 is 5.11 Å². The second-order valence-electron chi connectivity index (χ2n) is 3.46. The molecule has 1 aromatic heterocycles.